The highest BCUT2D eigenvalue weighted by Gasteiger charge is 2.31. The summed E-state index contributed by atoms with van der Waals surface area (Å²) < 4.78 is 39.4. The number of amides is 1. The molecule has 6 nitrogen and oxygen atoms in total. The SMILES string of the molecule is O=C(NCCc1ccccc1)c1ccc(CSc2nc(Cl)cc(N3CCN(c4cccc(C(F)(F)F)c4)CC3)n2)cc1. The van der Waals surface area contributed by atoms with Gasteiger partial charge < -0.3 is 15.1 Å². The molecule has 1 aromatic heterocycles. The number of carbonyl (C=O) groups excluding carboxylic acids is 1. The lowest BCUT2D eigenvalue weighted by Crippen LogP contribution is -2.47. The number of aromatic nitrogens is 2. The number of benzene rings is 3. The van der Waals surface area contributed by atoms with Gasteiger partial charge in [0, 0.05) is 55.8 Å². The fourth-order valence-electron chi connectivity index (χ4n) is 4.65. The first-order chi connectivity index (χ1) is 20.2. The maximum absolute atomic E-state index is 13.1. The van der Waals surface area contributed by atoms with Gasteiger partial charge >= 0.3 is 6.18 Å². The predicted octanol–water partition coefficient (Wildman–Crippen LogP) is 6.74. The second kappa shape index (κ2) is 13.5. The van der Waals surface area contributed by atoms with Crippen LogP contribution in [-0.4, -0.2) is 48.6 Å². The summed E-state index contributed by atoms with van der Waals surface area (Å²) >= 11 is 7.76. The van der Waals surface area contributed by atoms with Gasteiger partial charge in [0.25, 0.3) is 5.91 Å². The molecule has 0 saturated carbocycles. The van der Waals surface area contributed by atoms with E-state index in [2.05, 4.69) is 20.2 Å². The number of nitrogens with one attached hydrogen (secondary N) is 1. The topological polar surface area (TPSA) is 61.4 Å². The highest BCUT2D eigenvalue weighted by atomic mass is 35.5. The normalized spacial score (nSPS) is 13.7. The van der Waals surface area contributed by atoms with E-state index in [1.165, 1.54) is 29.5 Å². The van der Waals surface area contributed by atoms with E-state index in [1.807, 2.05) is 59.5 Å². The van der Waals surface area contributed by atoms with Crippen LogP contribution in [0.3, 0.4) is 0 Å². The van der Waals surface area contributed by atoms with Gasteiger partial charge in [0.15, 0.2) is 5.16 Å². The number of nitrogens with zero attached hydrogens (tertiary/aromatic N) is 4. The molecule has 218 valence electrons. The van der Waals surface area contributed by atoms with Crippen LogP contribution in [0.25, 0.3) is 0 Å². The average Bonchev–Trinajstić information content (AvgIpc) is 3.00. The van der Waals surface area contributed by atoms with E-state index in [1.54, 1.807) is 12.1 Å². The number of anilines is 2. The van der Waals surface area contributed by atoms with E-state index in [4.69, 9.17) is 11.6 Å². The number of hydrogen-bond donors (Lipinski definition) is 1. The third-order valence-electron chi connectivity index (χ3n) is 6.93. The zero-order valence-corrected chi connectivity index (χ0v) is 24.2. The summed E-state index contributed by atoms with van der Waals surface area (Å²) in [6.45, 7) is 2.84. The van der Waals surface area contributed by atoms with Crippen LogP contribution in [0.5, 0.6) is 0 Å². The molecule has 0 spiro atoms. The van der Waals surface area contributed by atoms with Crippen molar-refractivity contribution >= 4 is 40.8 Å². The molecule has 1 amide bonds. The van der Waals surface area contributed by atoms with Gasteiger partial charge in [-0.15, -0.1) is 0 Å². The Morgan fingerprint density at radius 3 is 2.29 bits per heavy atom. The highest BCUT2D eigenvalue weighted by molar-refractivity contribution is 7.98. The summed E-state index contributed by atoms with van der Waals surface area (Å²) in [5.41, 5.74) is 2.69. The van der Waals surface area contributed by atoms with Crippen molar-refractivity contribution in [2.75, 3.05) is 42.5 Å². The zero-order valence-electron chi connectivity index (χ0n) is 22.6. The molecule has 1 N–H and O–H groups in total. The molecule has 0 unspecified atom stereocenters. The van der Waals surface area contributed by atoms with Gasteiger partial charge in [0.2, 0.25) is 0 Å². The predicted molar refractivity (Wildman–Crippen MR) is 161 cm³/mol. The molecule has 0 aliphatic carbocycles. The van der Waals surface area contributed by atoms with Gasteiger partial charge in [0.1, 0.15) is 11.0 Å². The van der Waals surface area contributed by atoms with Crippen molar-refractivity contribution in [3.05, 3.63) is 112 Å². The summed E-state index contributed by atoms with van der Waals surface area (Å²) in [5.74, 6) is 1.17. The van der Waals surface area contributed by atoms with Crippen molar-refractivity contribution in [3.63, 3.8) is 0 Å². The average molecular weight is 612 g/mol. The minimum atomic E-state index is -4.37. The molecule has 42 heavy (non-hydrogen) atoms. The molecule has 1 aliphatic heterocycles. The Kier molecular flexibility index (Phi) is 9.54. The standard InChI is InChI=1S/C31H29ClF3N5OS/c32-27-20-28(40-17-15-39(16-18-40)26-8-4-7-25(19-26)31(33,34)35)38-30(37-27)42-21-23-9-11-24(12-10-23)29(41)36-14-13-22-5-2-1-3-6-22/h1-12,19-20H,13-18,21H2,(H,36,41). The lowest BCUT2D eigenvalue weighted by molar-refractivity contribution is -0.137. The third kappa shape index (κ3) is 7.95. The first-order valence-corrected chi connectivity index (χ1v) is 14.9. The zero-order chi connectivity index (χ0) is 29.5. The van der Waals surface area contributed by atoms with Crippen LogP contribution in [0.2, 0.25) is 5.15 Å². The number of thioether (sulfide) groups is 1. The van der Waals surface area contributed by atoms with Crippen LogP contribution in [0, 0.1) is 0 Å². The summed E-state index contributed by atoms with van der Waals surface area (Å²) in [7, 11) is 0. The molecule has 0 radical (unpaired) electrons. The summed E-state index contributed by atoms with van der Waals surface area (Å²) in [5, 5.41) is 3.81. The fourth-order valence-corrected chi connectivity index (χ4v) is 5.69. The third-order valence-corrected chi connectivity index (χ3v) is 8.04. The number of carbonyl (C=O) groups is 1. The maximum atomic E-state index is 13.1. The Bertz CT molecular complexity index is 1500. The first-order valence-electron chi connectivity index (χ1n) is 13.5. The van der Waals surface area contributed by atoms with Crippen LogP contribution < -0.4 is 15.1 Å². The van der Waals surface area contributed by atoms with Gasteiger partial charge in [-0.25, -0.2) is 9.97 Å². The number of piperazine rings is 1. The van der Waals surface area contributed by atoms with E-state index < -0.39 is 11.7 Å². The Hall–Kier alpha value is -3.76. The van der Waals surface area contributed by atoms with Crippen LogP contribution in [0.4, 0.5) is 24.7 Å². The lowest BCUT2D eigenvalue weighted by atomic mass is 10.1. The van der Waals surface area contributed by atoms with Gasteiger partial charge in [-0.1, -0.05) is 71.9 Å². The molecule has 5 rings (SSSR count). The van der Waals surface area contributed by atoms with Crippen molar-refractivity contribution in [2.45, 2.75) is 23.5 Å². The molecule has 3 aromatic carbocycles. The van der Waals surface area contributed by atoms with Gasteiger partial charge in [-0.2, -0.15) is 13.2 Å². The Morgan fingerprint density at radius 2 is 1.57 bits per heavy atom. The number of hydrogen-bond acceptors (Lipinski definition) is 6. The molecule has 0 bridgehead atoms. The molecule has 1 fully saturated rings. The van der Waals surface area contributed by atoms with E-state index in [0.29, 0.717) is 65.9 Å². The monoisotopic (exact) mass is 611 g/mol. The van der Waals surface area contributed by atoms with Crippen LogP contribution >= 0.6 is 23.4 Å². The van der Waals surface area contributed by atoms with E-state index in [-0.39, 0.29) is 5.91 Å². The van der Waals surface area contributed by atoms with E-state index >= 15 is 0 Å². The van der Waals surface area contributed by atoms with E-state index in [0.717, 1.165) is 18.1 Å². The van der Waals surface area contributed by atoms with Gasteiger partial charge in [-0.3, -0.25) is 4.79 Å². The molecule has 1 aliphatic rings. The van der Waals surface area contributed by atoms with Gasteiger partial charge in [-0.05, 0) is 47.9 Å². The van der Waals surface area contributed by atoms with Crippen molar-refractivity contribution < 1.29 is 18.0 Å². The number of alkyl halides is 3. The van der Waals surface area contributed by atoms with Crippen LogP contribution in [0.1, 0.15) is 27.0 Å². The van der Waals surface area contributed by atoms with Crippen molar-refractivity contribution in [3.8, 4) is 0 Å². The smallest absolute Gasteiger partial charge is 0.368 e. The Balaban J connectivity index is 1.13. The maximum Gasteiger partial charge on any atom is 0.416 e. The summed E-state index contributed by atoms with van der Waals surface area (Å²) in [6.07, 6.45) is -3.60. The van der Waals surface area contributed by atoms with Gasteiger partial charge in [0.05, 0.1) is 5.56 Å². The van der Waals surface area contributed by atoms with Crippen molar-refractivity contribution in [1.82, 2.24) is 15.3 Å². The van der Waals surface area contributed by atoms with E-state index in [9.17, 15) is 18.0 Å². The van der Waals surface area contributed by atoms with Crippen molar-refractivity contribution in [2.24, 2.45) is 0 Å². The molecule has 4 aromatic rings. The number of halogens is 4. The minimum absolute atomic E-state index is 0.110. The molecule has 1 saturated heterocycles. The van der Waals surface area contributed by atoms with Crippen LogP contribution in [0.15, 0.2) is 90.1 Å². The lowest BCUT2D eigenvalue weighted by Gasteiger charge is -2.37. The minimum Gasteiger partial charge on any atom is -0.368 e. The highest BCUT2D eigenvalue weighted by Crippen LogP contribution is 2.32. The molecular formula is C31H29ClF3N5OS. The molecule has 0 atom stereocenters. The second-order valence-electron chi connectivity index (χ2n) is 9.83. The quantitative estimate of drug-likeness (QED) is 0.129. The molecule has 11 heteroatoms. The number of rotatable bonds is 9. The Morgan fingerprint density at radius 1 is 0.857 bits per heavy atom. The Labute approximate surface area is 251 Å². The largest absolute Gasteiger partial charge is 0.416 e. The second-order valence-corrected chi connectivity index (χ2v) is 11.2. The summed E-state index contributed by atoms with van der Waals surface area (Å²) in [6, 6.07) is 24.6. The first kappa shape index (κ1) is 29.7. The molecular weight excluding hydrogens is 583 g/mol. The van der Waals surface area contributed by atoms with Crippen molar-refractivity contribution in [1.29, 1.82) is 0 Å². The van der Waals surface area contributed by atoms with Crippen LogP contribution in [-0.2, 0) is 18.3 Å². The molecule has 2 heterocycles. The fraction of sp³-hybridized carbons (Fsp3) is 0.258. The summed E-state index contributed by atoms with van der Waals surface area (Å²) in [4.78, 5) is 25.5.